The summed E-state index contributed by atoms with van der Waals surface area (Å²) in [5, 5.41) is 12.5. The van der Waals surface area contributed by atoms with Crippen molar-refractivity contribution in [3.8, 4) is 6.07 Å². The predicted octanol–water partition coefficient (Wildman–Crippen LogP) is 2.38. The minimum Gasteiger partial charge on any atom is -0.325 e. The lowest BCUT2D eigenvalue weighted by molar-refractivity contribution is -0.133. The van der Waals surface area contributed by atoms with Gasteiger partial charge in [0.25, 0.3) is 0 Å². The molecule has 5 heteroatoms. The van der Waals surface area contributed by atoms with E-state index in [0.717, 1.165) is 32.4 Å². The molecule has 1 amide bonds. The third-order valence-electron chi connectivity index (χ3n) is 4.74. The van der Waals surface area contributed by atoms with Crippen LogP contribution in [0.3, 0.4) is 0 Å². The average molecular weight is 320 g/mol. The zero-order chi connectivity index (χ0) is 14.8. The molecule has 118 valence electrons. The number of hydrogen-bond acceptors (Lipinski definition) is 3. The van der Waals surface area contributed by atoms with Crippen molar-refractivity contribution in [3.05, 3.63) is 35.4 Å². The molecule has 4 nitrogen and oxygen atoms in total. The van der Waals surface area contributed by atoms with Gasteiger partial charge >= 0.3 is 0 Å². The number of nitrogens with one attached hydrogen (secondary N) is 1. The van der Waals surface area contributed by atoms with Crippen LogP contribution in [0, 0.1) is 18.3 Å². The van der Waals surface area contributed by atoms with Gasteiger partial charge in [-0.05, 0) is 43.2 Å². The minimum atomic E-state index is -0.225. The highest BCUT2D eigenvalue weighted by Gasteiger charge is 2.37. The third kappa shape index (κ3) is 3.11. The van der Waals surface area contributed by atoms with Crippen LogP contribution < -0.4 is 5.32 Å². The van der Waals surface area contributed by atoms with E-state index in [1.54, 1.807) is 4.90 Å². The van der Waals surface area contributed by atoms with Crippen LogP contribution in [0.15, 0.2) is 24.3 Å². The summed E-state index contributed by atoms with van der Waals surface area (Å²) in [6.07, 6.45) is 2.59. The molecule has 0 radical (unpaired) electrons. The summed E-state index contributed by atoms with van der Waals surface area (Å²) in [6.45, 7) is 3.69. The lowest BCUT2D eigenvalue weighted by atomic mass is 9.92. The highest BCUT2D eigenvalue weighted by atomic mass is 35.5. The van der Waals surface area contributed by atoms with Gasteiger partial charge in [-0.2, -0.15) is 5.26 Å². The molecule has 22 heavy (non-hydrogen) atoms. The Morgan fingerprint density at radius 3 is 2.91 bits per heavy atom. The Morgan fingerprint density at radius 1 is 1.41 bits per heavy atom. The van der Waals surface area contributed by atoms with E-state index < -0.39 is 0 Å². The first-order chi connectivity index (χ1) is 10.2. The van der Waals surface area contributed by atoms with Gasteiger partial charge in [0.2, 0.25) is 5.91 Å². The summed E-state index contributed by atoms with van der Waals surface area (Å²) in [4.78, 5) is 14.4. The fourth-order valence-corrected chi connectivity index (χ4v) is 3.57. The number of nitriles is 1. The second-order valence-corrected chi connectivity index (χ2v) is 6.07. The first kappa shape index (κ1) is 16.8. The Bertz CT molecular complexity index is 584. The maximum absolute atomic E-state index is 12.6. The van der Waals surface area contributed by atoms with Crippen molar-refractivity contribution in [2.24, 2.45) is 0 Å². The van der Waals surface area contributed by atoms with Crippen LogP contribution in [0.4, 0.5) is 0 Å². The number of hydrogen-bond donors (Lipinski definition) is 1. The zero-order valence-corrected chi connectivity index (χ0v) is 13.6. The number of carbonyl (C=O) groups excluding carboxylic acids is 1. The Hall–Kier alpha value is -1.57. The summed E-state index contributed by atoms with van der Waals surface area (Å²) in [5.74, 6) is 0.499. The van der Waals surface area contributed by atoms with Crippen LogP contribution >= 0.6 is 12.4 Å². The number of benzene rings is 1. The van der Waals surface area contributed by atoms with Crippen LogP contribution in [0.5, 0.6) is 0 Å². The van der Waals surface area contributed by atoms with Crippen molar-refractivity contribution in [2.45, 2.75) is 44.2 Å². The molecule has 0 aromatic heterocycles. The lowest BCUT2D eigenvalue weighted by Gasteiger charge is -2.23. The van der Waals surface area contributed by atoms with Crippen molar-refractivity contribution < 1.29 is 4.79 Å². The molecule has 2 saturated heterocycles. The van der Waals surface area contributed by atoms with Gasteiger partial charge in [-0.1, -0.05) is 24.3 Å². The molecule has 3 rings (SSSR count). The molecule has 3 atom stereocenters. The Labute approximate surface area is 137 Å². The molecule has 2 aliphatic rings. The van der Waals surface area contributed by atoms with E-state index in [1.807, 2.05) is 6.07 Å². The fraction of sp³-hybridized carbons (Fsp3) is 0.529. The molecular weight excluding hydrogens is 298 g/mol. The first-order valence-corrected chi connectivity index (χ1v) is 7.69. The number of amides is 1. The number of rotatable bonds is 2. The van der Waals surface area contributed by atoms with E-state index >= 15 is 0 Å². The molecule has 1 aromatic carbocycles. The maximum atomic E-state index is 12.6. The topological polar surface area (TPSA) is 56.1 Å². The van der Waals surface area contributed by atoms with Gasteiger partial charge in [0, 0.05) is 13.1 Å². The Balaban J connectivity index is 0.00000176. The molecule has 1 N–H and O–H groups in total. The SMILES string of the molecule is Cc1ccccc1[C@@H]1CN[C@H](C(=O)N2CCC[C@H]2C#N)C1.Cl. The monoisotopic (exact) mass is 319 g/mol. The normalized spacial score (nSPS) is 27.3. The van der Waals surface area contributed by atoms with Gasteiger partial charge < -0.3 is 10.2 Å². The molecule has 2 fully saturated rings. The highest BCUT2D eigenvalue weighted by Crippen LogP contribution is 2.29. The van der Waals surface area contributed by atoms with Gasteiger partial charge in [-0.15, -0.1) is 12.4 Å². The van der Waals surface area contributed by atoms with E-state index in [2.05, 4.69) is 36.5 Å². The van der Waals surface area contributed by atoms with E-state index in [4.69, 9.17) is 5.26 Å². The van der Waals surface area contributed by atoms with Crippen LogP contribution in [0.2, 0.25) is 0 Å². The average Bonchev–Trinajstić information content (AvgIpc) is 3.16. The number of aryl methyl sites for hydroxylation is 1. The summed E-state index contributed by atoms with van der Waals surface area (Å²) >= 11 is 0. The molecule has 2 aliphatic heterocycles. The maximum Gasteiger partial charge on any atom is 0.240 e. The first-order valence-electron chi connectivity index (χ1n) is 7.69. The van der Waals surface area contributed by atoms with Gasteiger partial charge in [0.1, 0.15) is 6.04 Å². The van der Waals surface area contributed by atoms with Gasteiger partial charge in [0.05, 0.1) is 12.1 Å². The van der Waals surface area contributed by atoms with Crippen LogP contribution in [0.1, 0.15) is 36.3 Å². The minimum absolute atomic E-state index is 0. The van der Waals surface area contributed by atoms with Crippen LogP contribution in [-0.4, -0.2) is 36.0 Å². The summed E-state index contributed by atoms with van der Waals surface area (Å²) in [7, 11) is 0. The van der Waals surface area contributed by atoms with Crippen molar-refractivity contribution >= 4 is 18.3 Å². The molecule has 2 heterocycles. The largest absolute Gasteiger partial charge is 0.325 e. The quantitative estimate of drug-likeness (QED) is 0.910. The van der Waals surface area contributed by atoms with E-state index in [-0.39, 0.29) is 30.4 Å². The van der Waals surface area contributed by atoms with Gasteiger partial charge in [-0.25, -0.2) is 0 Å². The van der Waals surface area contributed by atoms with Crippen molar-refractivity contribution in [3.63, 3.8) is 0 Å². The predicted molar refractivity (Wildman–Crippen MR) is 87.9 cm³/mol. The highest BCUT2D eigenvalue weighted by molar-refractivity contribution is 5.85. The lowest BCUT2D eigenvalue weighted by Crippen LogP contribution is -2.45. The van der Waals surface area contributed by atoms with Crippen molar-refractivity contribution in [1.29, 1.82) is 5.26 Å². The number of nitrogens with zero attached hydrogens (tertiary/aromatic N) is 2. The standard InChI is InChI=1S/C17H21N3O.ClH/c1-12-5-2-3-7-15(12)13-9-16(19-11-13)17(21)20-8-4-6-14(20)10-18;/h2-3,5,7,13-14,16,19H,4,6,8-9,11H2,1H3;1H/t13-,14-,16-;/m0./s1. The number of halogens is 1. The Morgan fingerprint density at radius 2 is 2.18 bits per heavy atom. The van der Waals surface area contributed by atoms with E-state index in [1.165, 1.54) is 11.1 Å². The van der Waals surface area contributed by atoms with Crippen LogP contribution in [0.25, 0.3) is 0 Å². The molecule has 0 unspecified atom stereocenters. The molecule has 0 saturated carbocycles. The summed E-state index contributed by atoms with van der Waals surface area (Å²) in [5.41, 5.74) is 2.62. The number of carbonyl (C=O) groups is 1. The van der Waals surface area contributed by atoms with Crippen molar-refractivity contribution in [1.82, 2.24) is 10.2 Å². The summed E-state index contributed by atoms with van der Waals surface area (Å²) < 4.78 is 0. The van der Waals surface area contributed by atoms with Gasteiger partial charge in [-0.3, -0.25) is 4.79 Å². The van der Waals surface area contributed by atoms with E-state index in [0.29, 0.717) is 5.92 Å². The molecular formula is C17H22ClN3O. The van der Waals surface area contributed by atoms with Crippen LogP contribution in [-0.2, 0) is 4.79 Å². The smallest absolute Gasteiger partial charge is 0.240 e. The van der Waals surface area contributed by atoms with E-state index in [9.17, 15) is 4.79 Å². The molecule has 0 spiro atoms. The summed E-state index contributed by atoms with van der Waals surface area (Å²) in [6, 6.07) is 10.3. The molecule has 0 aliphatic carbocycles. The Kier molecular flexibility index (Phi) is 5.44. The fourth-order valence-electron chi connectivity index (χ4n) is 3.57. The van der Waals surface area contributed by atoms with Gasteiger partial charge in [0.15, 0.2) is 0 Å². The molecule has 0 bridgehead atoms. The molecule has 1 aromatic rings. The zero-order valence-electron chi connectivity index (χ0n) is 12.8. The second-order valence-electron chi connectivity index (χ2n) is 6.07. The third-order valence-corrected chi connectivity index (χ3v) is 4.74. The second kappa shape index (κ2) is 7.13. The number of likely N-dealkylation sites (tertiary alicyclic amines) is 1. The van der Waals surface area contributed by atoms with Crippen molar-refractivity contribution in [2.75, 3.05) is 13.1 Å².